The number of carbonyl (C=O) groups excluding carboxylic acids is 2. The normalized spacial score (nSPS) is 15.1. The van der Waals surface area contributed by atoms with Crippen molar-refractivity contribution in [2.24, 2.45) is 0 Å². The highest BCUT2D eigenvalue weighted by Gasteiger charge is 2.19. The van der Waals surface area contributed by atoms with Gasteiger partial charge < -0.3 is 29.3 Å². The molecular formula is C24H25N3O6. The third-order valence-corrected chi connectivity index (χ3v) is 5.19. The minimum absolute atomic E-state index is 0.180. The first kappa shape index (κ1) is 22.3. The molecule has 1 aliphatic heterocycles. The van der Waals surface area contributed by atoms with Crippen LogP contribution in [0.1, 0.15) is 22.3 Å². The molecule has 2 N–H and O–H groups in total. The smallest absolute Gasteiger partial charge is 0.407 e. The van der Waals surface area contributed by atoms with Crippen molar-refractivity contribution >= 4 is 17.7 Å². The molecule has 9 heteroatoms. The Morgan fingerprint density at radius 1 is 1.21 bits per heavy atom. The lowest BCUT2D eigenvalue weighted by molar-refractivity contribution is 0.0832. The summed E-state index contributed by atoms with van der Waals surface area (Å²) in [6.45, 7) is 1.46. The minimum atomic E-state index is -0.456. The second kappa shape index (κ2) is 10.6. The van der Waals surface area contributed by atoms with Crippen molar-refractivity contribution in [3.05, 3.63) is 66.2 Å². The lowest BCUT2D eigenvalue weighted by Gasteiger charge is -2.12. The Kier molecular flexibility index (Phi) is 7.21. The molecule has 2 aromatic carbocycles. The number of benzene rings is 2. The maximum Gasteiger partial charge on any atom is 0.407 e. The van der Waals surface area contributed by atoms with Gasteiger partial charge in [-0.1, -0.05) is 12.1 Å². The van der Waals surface area contributed by atoms with Crippen LogP contribution < -0.4 is 15.4 Å². The van der Waals surface area contributed by atoms with Gasteiger partial charge in [-0.05, 0) is 36.2 Å². The fourth-order valence-electron chi connectivity index (χ4n) is 3.50. The Morgan fingerprint density at radius 2 is 2.12 bits per heavy atom. The van der Waals surface area contributed by atoms with Crippen molar-refractivity contribution < 1.29 is 28.2 Å². The van der Waals surface area contributed by atoms with Crippen LogP contribution in [-0.4, -0.2) is 50.0 Å². The quantitative estimate of drug-likeness (QED) is 0.537. The fraction of sp³-hybridized carbons (Fsp3) is 0.292. The Hall–Kier alpha value is -3.85. The molecule has 0 radical (unpaired) electrons. The van der Waals surface area contributed by atoms with Crippen LogP contribution in [0.3, 0.4) is 0 Å². The number of hydrogen-bond donors (Lipinski definition) is 2. The second-order valence-corrected chi connectivity index (χ2v) is 7.50. The zero-order valence-corrected chi connectivity index (χ0v) is 18.2. The summed E-state index contributed by atoms with van der Waals surface area (Å²) in [5, 5.41) is 5.61. The van der Waals surface area contributed by atoms with E-state index in [1.54, 1.807) is 43.6 Å². The van der Waals surface area contributed by atoms with E-state index >= 15 is 0 Å². The van der Waals surface area contributed by atoms with Crippen LogP contribution in [0.25, 0.3) is 11.3 Å². The summed E-state index contributed by atoms with van der Waals surface area (Å²) in [7, 11) is 1.55. The van der Waals surface area contributed by atoms with Crippen molar-refractivity contribution in [1.82, 2.24) is 10.3 Å². The molecule has 1 aromatic heterocycles. The van der Waals surface area contributed by atoms with E-state index in [0.29, 0.717) is 48.9 Å². The molecule has 1 aliphatic rings. The maximum atomic E-state index is 12.8. The Bertz CT molecular complexity index is 1090. The van der Waals surface area contributed by atoms with Gasteiger partial charge in [0.25, 0.3) is 5.91 Å². The van der Waals surface area contributed by atoms with Crippen LogP contribution in [0.5, 0.6) is 5.75 Å². The summed E-state index contributed by atoms with van der Waals surface area (Å²) in [6.07, 6.45) is 3.60. The Labute approximate surface area is 191 Å². The molecule has 2 heterocycles. The summed E-state index contributed by atoms with van der Waals surface area (Å²) >= 11 is 0. The number of methoxy groups -OCH3 is 1. The van der Waals surface area contributed by atoms with Gasteiger partial charge in [0.15, 0.2) is 12.2 Å². The van der Waals surface area contributed by atoms with Gasteiger partial charge in [-0.25, -0.2) is 9.78 Å². The van der Waals surface area contributed by atoms with E-state index in [1.807, 2.05) is 12.1 Å². The standard InChI is InChI=1S/C24H25N3O6/c1-30-21-12-18(5-6-20(21)22-13-25-15-32-22)27-23(28)17-4-2-3-16(11-17)7-9-26-24(29)33-19-8-10-31-14-19/h2-6,11-13,15,19H,7-10,14H2,1H3,(H,26,29)(H,27,28)/t19-/m0/s1. The molecule has 1 atom stereocenters. The van der Waals surface area contributed by atoms with E-state index in [-0.39, 0.29) is 12.0 Å². The summed E-state index contributed by atoms with van der Waals surface area (Å²) < 4.78 is 21.2. The number of amides is 2. The molecule has 0 aliphatic carbocycles. The molecule has 9 nitrogen and oxygen atoms in total. The van der Waals surface area contributed by atoms with Crippen LogP contribution in [0.2, 0.25) is 0 Å². The minimum Gasteiger partial charge on any atom is -0.496 e. The fourth-order valence-corrected chi connectivity index (χ4v) is 3.50. The molecule has 33 heavy (non-hydrogen) atoms. The molecule has 1 fully saturated rings. The summed E-state index contributed by atoms with van der Waals surface area (Å²) in [5.41, 5.74) is 2.76. The van der Waals surface area contributed by atoms with E-state index in [4.69, 9.17) is 18.6 Å². The van der Waals surface area contributed by atoms with Crippen LogP contribution in [0.4, 0.5) is 10.5 Å². The summed E-state index contributed by atoms with van der Waals surface area (Å²) in [4.78, 5) is 28.5. The topological polar surface area (TPSA) is 112 Å². The van der Waals surface area contributed by atoms with Crippen molar-refractivity contribution in [3.63, 3.8) is 0 Å². The van der Waals surface area contributed by atoms with Gasteiger partial charge in [-0.15, -0.1) is 0 Å². The van der Waals surface area contributed by atoms with Gasteiger partial charge in [0.05, 0.1) is 32.1 Å². The molecule has 0 unspecified atom stereocenters. The van der Waals surface area contributed by atoms with Crippen LogP contribution in [-0.2, 0) is 15.9 Å². The first-order valence-electron chi connectivity index (χ1n) is 10.6. The third kappa shape index (κ3) is 5.89. The molecule has 0 spiro atoms. The lowest BCUT2D eigenvalue weighted by Crippen LogP contribution is -2.30. The number of oxazole rings is 1. The predicted molar refractivity (Wildman–Crippen MR) is 120 cm³/mol. The van der Waals surface area contributed by atoms with E-state index in [2.05, 4.69) is 15.6 Å². The second-order valence-electron chi connectivity index (χ2n) is 7.50. The highest BCUT2D eigenvalue weighted by Crippen LogP contribution is 2.32. The zero-order chi connectivity index (χ0) is 23.0. The first-order valence-corrected chi connectivity index (χ1v) is 10.6. The van der Waals surface area contributed by atoms with E-state index in [0.717, 1.165) is 17.5 Å². The zero-order valence-electron chi connectivity index (χ0n) is 18.2. The van der Waals surface area contributed by atoms with Crippen LogP contribution >= 0.6 is 0 Å². The van der Waals surface area contributed by atoms with E-state index in [9.17, 15) is 9.59 Å². The van der Waals surface area contributed by atoms with Crippen LogP contribution in [0.15, 0.2) is 59.5 Å². The highest BCUT2D eigenvalue weighted by atomic mass is 16.6. The number of rotatable bonds is 8. The number of nitrogens with one attached hydrogen (secondary N) is 2. The number of alkyl carbamates (subject to hydrolysis) is 1. The number of aromatic nitrogens is 1. The van der Waals surface area contributed by atoms with Gasteiger partial charge in [0, 0.05) is 30.3 Å². The van der Waals surface area contributed by atoms with Gasteiger partial charge >= 0.3 is 6.09 Å². The third-order valence-electron chi connectivity index (χ3n) is 5.19. The number of ether oxygens (including phenoxy) is 3. The summed E-state index contributed by atoms with van der Waals surface area (Å²) in [6, 6.07) is 12.6. The monoisotopic (exact) mass is 451 g/mol. The molecule has 2 amide bonds. The molecule has 172 valence electrons. The summed E-state index contributed by atoms with van der Waals surface area (Å²) in [5.74, 6) is 0.881. The average Bonchev–Trinajstić information content (AvgIpc) is 3.54. The number of anilines is 1. The molecular weight excluding hydrogens is 426 g/mol. The molecule has 0 saturated carbocycles. The first-order chi connectivity index (χ1) is 16.1. The van der Waals surface area contributed by atoms with Gasteiger partial charge in [0.1, 0.15) is 11.9 Å². The largest absolute Gasteiger partial charge is 0.496 e. The van der Waals surface area contributed by atoms with Crippen molar-refractivity contribution in [2.45, 2.75) is 18.9 Å². The highest BCUT2D eigenvalue weighted by molar-refractivity contribution is 6.04. The van der Waals surface area contributed by atoms with Crippen molar-refractivity contribution in [2.75, 3.05) is 32.2 Å². The number of carbonyl (C=O) groups is 2. The van der Waals surface area contributed by atoms with Crippen LogP contribution in [0, 0.1) is 0 Å². The lowest BCUT2D eigenvalue weighted by atomic mass is 10.1. The maximum absolute atomic E-state index is 12.8. The molecule has 0 bridgehead atoms. The predicted octanol–water partition coefficient (Wildman–Crippen LogP) is 3.66. The van der Waals surface area contributed by atoms with Gasteiger partial charge in [0.2, 0.25) is 0 Å². The van der Waals surface area contributed by atoms with Crippen molar-refractivity contribution in [3.8, 4) is 17.1 Å². The molecule has 3 aromatic rings. The molecule has 1 saturated heterocycles. The Morgan fingerprint density at radius 3 is 2.88 bits per heavy atom. The average molecular weight is 451 g/mol. The Balaban J connectivity index is 1.33. The number of hydrogen-bond acceptors (Lipinski definition) is 7. The van der Waals surface area contributed by atoms with Gasteiger partial charge in [-0.2, -0.15) is 0 Å². The number of nitrogens with zero attached hydrogens (tertiary/aromatic N) is 1. The van der Waals surface area contributed by atoms with Gasteiger partial charge in [-0.3, -0.25) is 4.79 Å². The van der Waals surface area contributed by atoms with E-state index < -0.39 is 6.09 Å². The van der Waals surface area contributed by atoms with E-state index in [1.165, 1.54) is 6.39 Å². The SMILES string of the molecule is COc1cc(NC(=O)c2cccc(CCNC(=O)O[C@H]3CCOC3)c2)ccc1-c1cnco1. The molecule has 4 rings (SSSR count). The van der Waals surface area contributed by atoms with Crippen molar-refractivity contribution in [1.29, 1.82) is 0 Å².